The van der Waals surface area contributed by atoms with Gasteiger partial charge in [0, 0.05) is 81.7 Å². The molecular formula is C50H56N10O7S. The predicted octanol–water partition coefficient (Wildman–Crippen LogP) is 5.30. The van der Waals surface area contributed by atoms with E-state index >= 15 is 0 Å². The summed E-state index contributed by atoms with van der Waals surface area (Å²) < 4.78 is 17.7. The number of aryl methyl sites for hydroxylation is 1. The Labute approximate surface area is 399 Å². The van der Waals surface area contributed by atoms with Gasteiger partial charge in [0.05, 0.1) is 39.5 Å². The molecule has 2 aromatic carbocycles. The summed E-state index contributed by atoms with van der Waals surface area (Å²) in [7, 11) is 0. The number of hydrogen-bond donors (Lipinski definition) is 4. The van der Waals surface area contributed by atoms with E-state index in [1.54, 1.807) is 66.1 Å². The Kier molecular flexibility index (Phi) is 15.3. The molecule has 8 rings (SSSR count). The number of hydrogen-bond acceptors (Lipinski definition) is 16. The molecule has 0 spiro atoms. The number of rotatable bonds is 16. The standard InChI is InChI=1S/C50H56N10O7S/c1-31(2)46(50(64)60-29-38(61)27-41(60)49(63)54-32(3)35-11-13-36(14-12-35)47-33(4)53-30-68-47)43-28-45(57-67-43)66-24-22-59-19-17-58(18-20-59)21-23-65-44-25-34(15-16-52-44)9-10-37-26-40(55-56-48(37)51)39-7-5-6-8-42(39)62/h5-8,11-16,25-26,28,30-32,38,41,46,61-62H,17-24,27,29H2,1-4H3,(H2,51,56)(H,54,63)/t32-,38+,41-,46+/m0/s1. The van der Waals surface area contributed by atoms with Crippen LogP contribution in [0.15, 0.2) is 89.0 Å². The Balaban J connectivity index is 0.768. The van der Waals surface area contributed by atoms with Gasteiger partial charge >= 0.3 is 0 Å². The summed E-state index contributed by atoms with van der Waals surface area (Å²) >= 11 is 1.59. The van der Waals surface area contributed by atoms with Crippen LogP contribution in [0.3, 0.4) is 0 Å². The fraction of sp³-hybridized carbons (Fsp3) is 0.380. The number of aromatic nitrogens is 5. The molecule has 0 radical (unpaired) electrons. The normalized spacial score (nSPS) is 17.4. The van der Waals surface area contributed by atoms with Crippen LogP contribution in [-0.2, 0) is 9.59 Å². The number of aromatic hydroxyl groups is 1. The molecule has 68 heavy (non-hydrogen) atoms. The average molecular weight is 941 g/mol. The van der Waals surface area contributed by atoms with Crippen molar-refractivity contribution in [2.75, 3.05) is 64.8 Å². The van der Waals surface area contributed by atoms with Crippen LogP contribution >= 0.6 is 11.3 Å². The van der Waals surface area contributed by atoms with Gasteiger partial charge in [-0.25, -0.2) is 9.97 Å². The fourth-order valence-electron chi connectivity index (χ4n) is 8.43. The number of nitrogens with one attached hydrogen (secondary N) is 1. The van der Waals surface area contributed by atoms with Crippen molar-refractivity contribution < 1.29 is 33.8 Å². The monoisotopic (exact) mass is 940 g/mol. The third kappa shape index (κ3) is 11.6. The van der Waals surface area contributed by atoms with Gasteiger partial charge in [-0.15, -0.1) is 21.5 Å². The SMILES string of the molecule is Cc1ncsc1-c1ccc([C@H](C)NC(=O)[C@@H]2C[C@@H](O)CN2C(=O)[C@@H](c2cc(OCCN3CCN(CCOc4cc(C#Cc5cc(-c6ccccc6O)nnc5N)ccn4)CC3)no2)C(C)C)cc1. The molecule has 2 aliphatic rings. The maximum atomic E-state index is 14.2. The van der Waals surface area contributed by atoms with E-state index in [9.17, 15) is 19.8 Å². The van der Waals surface area contributed by atoms with E-state index in [1.165, 1.54) is 4.90 Å². The molecule has 0 aliphatic carbocycles. The van der Waals surface area contributed by atoms with Crippen molar-refractivity contribution in [3.05, 3.63) is 113 Å². The molecule has 4 atom stereocenters. The first kappa shape index (κ1) is 47.6. The maximum Gasteiger partial charge on any atom is 0.254 e. The number of para-hydroxylation sites is 1. The molecule has 2 aliphatic heterocycles. The molecule has 0 bridgehead atoms. The number of carbonyl (C=O) groups is 2. The quantitative estimate of drug-likeness (QED) is 0.0906. The van der Waals surface area contributed by atoms with Crippen LogP contribution in [0.2, 0.25) is 0 Å². The first-order valence-electron chi connectivity index (χ1n) is 22.8. The number of nitrogens with two attached hydrogens (primary N) is 1. The summed E-state index contributed by atoms with van der Waals surface area (Å²) in [6.07, 6.45) is 0.961. The first-order chi connectivity index (χ1) is 32.9. The lowest BCUT2D eigenvalue weighted by Crippen LogP contribution is -2.48. The second kappa shape index (κ2) is 21.8. The number of piperazine rings is 1. The van der Waals surface area contributed by atoms with E-state index in [2.05, 4.69) is 52.3 Å². The van der Waals surface area contributed by atoms with Gasteiger partial charge in [0.15, 0.2) is 11.6 Å². The lowest BCUT2D eigenvalue weighted by molar-refractivity contribution is -0.141. The zero-order chi connectivity index (χ0) is 47.7. The molecule has 6 heterocycles. The van der Waals surface area contributed by atoms with E-state index in [0.717, 1.165) is 54.4 Å². The van der Waals surface area contributed by atoms with Gasteiger partial charge in [-0.05, 0) is 60.3 Å². The van der Waals surface area contributed by atoms with Gasteiger partial charge in [-0.3, -0.25) is 19.4 Å². The van der Waals surface area contributed by atoms with Crippen molar-refractivity contribution in [1.82, 2.24) is 45.3 Å². The summed E-state index contributed by atoms with van der Waals surface area (Å²) in [6.45, 7) is 13.5. The molecule has 17 nitrogen and oxygen atoms in total. The van der Waals surface area contributed by atoms with Crippen molar-refractivity contribution in [3.8, 4) is 51.0 Å². The average Bonchev–Trinajstić information content (AvgIpc) is 4.09. The van der Waals surface area contributed by atoms with Crippen molar-refractivity contribution in [3.63, 3.8) is 0 Å². The second-order valence-corrected chi connectivity index (χ2v) is 18.2. The molecule has 2 amide bonds. The molecule has 2 saturated heterocycles. The van der Waals surface area contributed by atoms with Gasteiger partial charge in [0.1, 0.15) is 30.9 Å². The summed E-state index contributed by atoms with van der Waals surface area (Å²) in [5.41, 5.74) is 13.0. The van der Waals surface area contributed by atoms with Crippen LogP contribution in [0.4, 0.5) is 5.82 Å². The van der Waals surface area contributed by atoms with Gasteiger partial charge in [0.2, 0.25) is 17.7 Å². The van der Waals surface area contributed by atoms with Crippen molar-refractivity contribution >= 4 is 29.0 Å². The number of benzene rings is 2. The van der Waals surface area contributed by atoms with E-state index in [0.29, 0.717) is 53.8 Å². The van der Waals surface area contributed by atoms with Gasteiger partial charge in [-0.2, -0.15) is 0 Å². The Bertz CT molecular complexity index is 2740. The number of anilines is 1. The third-order valence-electron chi connectivity index (χ3n) is 12.2. The summed E-state index contributed by atoms with van der Waals surface area (Å²) in [5, 5.41) is 36.3. The number of phenolic OH excluding ortho intramolecular Hbond substituents is 1. The van der Waals surface area contributed by atoms with E-state index in [1.807, 2.05) is 57.5 Å². The highest BCUT2D eigenvalue weighted by molar-refractivity contribution is 7.13. The third-order valence-corrected chi connectivity index (χ3v) is 13.2. The minimum atomic E-state index is -0.834. The Morgan fingerprint density at radius 3 is 2.34 bits per heavy atom. The lowest BCUT2D eigenvalue weighted by atomic mass is 9.91. The van der Waals surface area contributed by atoms with Crippen LogP contribution in [0.25, 0.3) is 21.7 Å². The number of β-amino-alcohol motifs (C(OH)–C–C–N with tert-alkyl or cyclic N) is 1. The number of aliphatic hydroxyl groups excluding tert-OH is 1. The molecule has 4 aromatic heterocycles. The van der Waals surface area contributed by atoms with Crippen molar-refractivity contribution in [2.24, 2.45) is 5.92 Å². The number of aliphatic hydroxyl groups is 1. The molecule has 18 heteroatoms. The van der Waals surface area contributed by atoms with Crippen LogP contribution < -0.4 is 20.5 Å². The molecule has 5 N–H and O–H groups in total. The number of likely N-dealkylation sites (tertiary alicyclic amines) is 1. The number of ether oxygens (including phenoxy) is 2. The molecule has 354 valence electrons. The largest absolute Gasteiger partial charge is 0.507 e. The van der Waals surface area contributed by atoms with E-state index in [4.69, 9.17) is 19.7 Å². The number of thiazole rings is 1. The van der Waals surface area contributed by atoms with Crippen LogP contribution in [0.5, 0.6) is 17.5 Å². The fourth-order valence-corrected chi connectivity index (χ4v) is 9.24. The molecule has 0 unspecified atom stereocenters. The lowest BCUT2D eigenvalue weighted by Gasteiger charge is -2.34. The smallest absolute Gasteiger partial charge is 0.254 e. The highest BCUT2D eigenvalue weighted by Crippen LogP contribution is 2.34. The minimum absolute atomic E-state index is 0.0463. The highest BCUT2D eigenvalue weighted by Gasteiger charge is 2.43. The Hall–Kier alpha value is -6.91. The van der Waals surface area contributed by atoms with Crippen LogP contribution in [0, 0.1) is 24.7 Å². The van der Waals surface area contributed by atoms with Gasteiger partial charge in [-0.1, -0.05) is 62.1 Å². The van der Waals surface area contributed by atoms with Gasteiger partial charge in [0.25, 0.3) is 5.88 Å². The number of amides is 2. The first-order valence-corrected chi connectivity index (χ1v) is 23.6. The molecular weight excluding hydrogens is 885 g/mol. The van der Waals surface area contributed by atoms with E-state index < -0.39 is 18.1 Å². The maximum absolute atomic E-state index is 14.2. The molecule has 6 aromatic rings. The predicted molar refractivity (Wildman–Crippen MR) is 257 cm³/mol. The Morgan fingerprint density at radius 2 is 1.65 bits per heavy atom. The van der Waals surface area contributed by atoms with Crippen molar-refractivity contribution in [2.45, 2.75) is 58.2 Å². The number of carbonyl (C=O) groups excluding carboxylic acids is 2. The molecule has 0 saturated carbocycles. The topological polar surface area (TPSA) is 218 Å². The number of nitrogen functional groups attached to an aromatic ring is 1. The summed E-state index contributed by atoms with van der Waals surface area (Å²) in [4.78, 5) is 43.8. The number of nitrogens with zero attached hydrogens (tertiary/aromatic N) is 8. The second-order valence-electron chi connectivity index (χ2n) is 17.4. The van der Waals surface area contributed by atoms with Crippen molar-refractivity contribution in [1.29, 1.82) is 0 Å². The van der Waals surface area contributed by atoms with Crippen LogP contribution in [-0.4, -0.2) is 133 Å². The zero-order valence-electron chi connectivity index (χ0n) is 38.5. The summed E-state index contributed by atoms with van der Waals surface area (Å²) in [6, 6.07) is 20.7. The van der Waals surface area contributed by atoms with Gasteiger partial charge < -0.3 is 40.2 Å². The zero-order valence-corrected chi connectivity index (χ0v) is 39.4. The minimum Gasteiger partial charge on any atom is -0.507 e. The number of pyridine rings is 1. The highest BCUT2D eigenvalue weighted by atomic mass is 32.1. The molecule has 2 fully saturated rings. The number of phenols is 1. The van der Waals surface area contributed by atoms with Crippen LogP contribution in [0.1, 0.15) is 67.3 Å². The Morgan fingerprint density at radius 1 is 0.926 bits per heavy atom. The summed E-state index contributed by atoms with van der Waals surface area (Å²) in [5.74, 6) is 6.01. The van der Waals surface area contributed by atoms with E-state index in [-0.39, 0.29) is 54.2 Å².